The van der Waals surface area contributed by atoms with Crippen molar-refractivity contribution in [2.45, 2.75) is 25.3 Å². The van der Waals surface area contributed by atoms with Gasteiger partial charge in [-0.15, -0.1) is 6.58 Å². The predicted octanol–water partition coefficient (Wildman–Crippen LogP) is 2.50. The molecule has 0 unspecified atom stereocenters. The van der Waals surface area contributed by atoms with E-state index >= 15 is 0 Å². The highest BCUT2D eigenvalue weighted by atomic mass is 32.2. The first-order valence-electron chi connectivity index (χ1n) is 10.5. The van der Waals surface area contributed by atoms with Gasteiger partial charge in [-0.05, 0) is 32.0 Å². The number of Topliss-reactive ketones (excluding diaryl/α,β-unsaturated/α-hetero) is 1. The lowest BCUT2D eigenvalue weighted by Gasteiger charge is -2.33. The maximum Gasteiger partial charge on any atom is 0.243 e. The highest BCUT2D eigenvalue weighted by Crippen LogP contribution is 2.31. The minimum atomic E-state index is -3.67. The molecule has 1 aromatic heterocycles. The third kappa shape index (κ3) is 4.74. The van der Waals surface area contributed by atoms with E-state index in [-0.39, 0.29) is 17.2 Å². The lowest BCUT2D eigenvalue weighted by Crippen LogP contribution is -2.49. The molecule has 1 aromatic carbocycles. The van der Waals surface area contributed by atoms with E-state index in [1.165, 1.54) is 30.7 Å². The molecule has 32 heavy (non-hydrogen) atoms. The van der Waals surface area contributed by atoms with E-state index in [0.717, 1.165) is 11.4 Å². The molecular formula is C23H31N3O5S. The molecule has 1 aliphatic rings. The molecule has 0 N–H and O–H groups in total. The predicted molar refractivity (Wildman–Crippen MR) is 123 cm³/mol. The molecule has 0 radical (unpaired) electrons. The zero-order chi connectivity index (χ0) is 23.5. The normalized spacial score (nSPS) is 15.5. The van der Waals surface area contributed by atoms with Crippen molar-refractivity contribution in [1.82, 2.24) is 13.8 Å². The fourth-order valence-electron chi connectivity index (χ4n) is 4.04. The van der Waals surface area contributed by atoms with E-state index in [2.05, 4.69) is 11.1 Å². The number of carbonyl (C=O) groups is 1. The van der Waals surface area contributed by atoms with Crippen LogP contribution in [0.5, 0.6) is 11.5 Å². The molecule has 0 atom stereocenters. The maximum atomic E-state index is 13.1. The lowest BCUT2D eigenvalue weighted by molar-refractivity contribution is 0.0901. The lowest BCUT2D eigenvalue weighted by atomic mass is 10.1. The number of ether oxygens (including phenoxy) is 2. The number of methoxy groups -OCH3 is 2. The van der Waals surface area contributed by atoms with Crippen LogP contribution < -0.4 is 9.47 Å². The van der Waals surface area contributed by atoms with E-state index in [0.29, 0.717) is 49.8 Å². The Kier molecular flexibility index (Phi) is 7.43. The Morgan fingerprint density at radius 2 is 1.72 bits per heavy atom. The number of aromatic nitrogens is 1. The SMILES string of the molecule is C=CCn1c(C)cc(C(=O)CN2CCN(S(=O)(=O)c3ccc(OC)c(OC)c3)CC2)c1C. The summed E-state index contributed by atoms with van der Waals surface area (Å²) in [6.45, 7) is 10.2. The van der Waals surface area contributed by atoms with Crippen LogP contribution in [0.15, 0.2) is 41.8 Å². The first-order valence-corrected chi connectivity index (χ1v) is 11.9. The fourth-order valence-corrected chi connectivity index (χ4v) is 5.47. The summed E-state index contributed by atoms with van der Waals surface area (Å²) in [5.41, 5.74) is 2.67. The van der Waals surface area contributed by atoms with Gasteiger partial charge in [-0.25, -0.2) is 8.42 Å². The first kappa shape index (κ1) is 24.0. The number of aryl methyl sites for hydroxylation is 1. The van der Waals surface area contributed by atoms with E-state index in [4.69, 9.17) is 9.47 Å². The molecule has 1 saturated heterocycles. The fraction of sp³-hybridized carbons (Fsp3) is 0.435. The smallest absolute Gasteiger partial charge is 0.243 e. The van der Waals surface area contributed by atoms with Gasteiger partial charge in [0.15, 0.2) is 17.3 Å². The van der Waals surface area contributed by atoms with Crippen LogP contribution in [0, 0.1) is 13.8 Å². The average Bonchev–Trinajstić information content (AvgIpc) is 3.07. The zero-order valence-corrected chi connectivity index (χ0v) is 19.9. The van der Waals surface area contributed by atoms with Crippen LogP contribution in [-0.2, 0) is 16.6 Å². The van der Waals surface area contributed by atoms with Crippen molar-refractivity contribution in [3.63, 3.8) is 0 Å². The van der Waals surface area contributed by atoms with Crippen LogP contribution in [0.4, 0.5) is 0 Å². The number of rotatable bonds is 9. The molecule has 1 aliphatic heterocycles. The van der Waals surface area contributed by atoms with Gasteiger partial charge in [0.1, 0.15) is 0 Å². The van der Waals surface area contributed by atoms with Gasteiger partial charge in [-0.1, -0.05) is 6.08 Å². The van der Waals surface area contributed by atoms with Crippen LogP contribution >= 0.6 is 0 Å². The first-order chi connectivity index (χ1) is 15.2. The van der Waals surface area contributed by atoms with Gasteiger partial charge in [0.05, 0.1) is 25.7 Å². The molecule has 9 heteroatoms. The number of nitrogens with zero attached hydrogens (tertiary/aromatic N) is 3. The molecule has 0 bridgehead atoms. The van der Waals surface area contributed by atoms with Crippen molar-refractivity contribution in [1.29, 1.82) is 0 Å². The summed E-state index contributed by atoms with van der Waals surface area (Å²) in [6.07, 6.45) is 1.81. The summed E-state index contributed by atoms with van der Waals surface area (Å²) in [4.78, 5) is 15.1. The number of ketones is 1. The Balaban J connectivity index is 1.65. The molecule has 0 aliphatic carbocycles. The van der Waals surface area contributed by atoms with E-state index in [1.54, 1.807) is 6.07 Å². The van der Waals surface area contributed by atoms with Gasteiger partial charge in [-0.2, -0.15) is 4.31 Å². The third-order valence-corrected chi connectivity index (χ3v) is 7.77. The number of carbonyl (C=O) groups excluding carboxylic acids is 1. The van der Waals surface area contributed by atoms with Crippen molar-refractivity contribution in [3.8, 4) is 11.5 Å². The number of hydrogen-bond acceptors (Lipinski definition) is 6. The number of hydrogen-bond donors (Lipinski definition) is 0. The topological polar surface area (TPSA) is 81.1 Å². The number of benzene rings is 1. The molecule has 0 amide bonds. The van der Waals surface area contributed by atoms with Crippen LogP contribution in [-0.4, -0.2) is 74.9 Å². The molecular weight excluding hydrogens is 430 g/mol. The molecule has 0 saturated carbocycles. The quantitative estimate of drug-likeness (QED) is 0.422. The van der Waals surface area contributed by atoms with Gasteiger partial charge in [0.2, 0.25) is 10.0 Å². The second-order valence-corrected chi connectivity index (χ2v) is 9.74. The van der Waals surface area contributed by atoms with Gasteiger partial charge < -0.3 is 14.0 Å². The standard InChI is InChI=1S/C23H31N3O5S/c1-6-9-26-17(2)14-20(18(26)3)21(27)16-24-10-12-25(13-11-24)32(28,29)19-7-8-22(30-4)23(15-19)31-5/h6-8,14-15H,1,9-13,16H2,2-5H3. The summed E-state index contributed by atoms with van der Waals surface area (Å²) >= 11 is 0. The minimum Gasteiger partial charge on any atom is -0.493 e. The van der Waals surface area contributed by atoms with Crippen LogP contribution in [0.3, 0.4) is 0 Å². The number of allylic oxidation sites excluding steroid dienone is 1. The Hall–Kier alpha value is -2.62. The molecule has 8 nitrogen and oxygen atoms in total. The molecule has 3 rings (SSSR count). The van der Waals surface area contributed by atoms with Crippen LogP contribution in [0.2, 0.25) is 0 Å². The van der Waals surface area contributed by atoms with Gasteiger partial charge >= 0.3 is 0 Å². The zero-order valence-electron chi connectivity index (χ0n) is 19.1. The maximum absolute atomic E-state index is 13.1. The molecule has 1 fully saturated rings. The van der Waals surface area contributed by atoms with Gasteiger partial charge in [-0.3, -0.25) is 9.69 Å². The Bertz CT molecular complexity index is 1100. The second-order valence-electron chi connectivity index (χ2n) is 7.80. The van der Waals surface area contributed by atoms with E-state index < -0.39 is 10.0 Å². The highest BCUT2D eigenvalue weighted by molar-refractivity contribution is 7.89. The summed E-state index contributed by atoms with van der Waals surface area (Å²) < 4.78 is 40.1. The van der Waals surface area contributed by atoms with E-state index in [9.17, 15) is 13.2 Å². The van der Waals surface area contributed by atoms with Crippen molar-refractivity contribution in [3.05, 3.63) is 53.9 Å². The number of piperazine rings is 1. The minimum absolute atomic E-state index is 0.0459. The van der Waals surface area contributed by atoms with Crippen molar-refractivity contribution >= 4 is 15.8 Å². The third-order valence-electron chi connectivity index (χ3n) is 5.88. The second kappa shape index (κ2) is 9.89. The number of sulfonamides is 1. The molecule has 2 aromatic rings. The summed E-state index contributed by atoms with van der Waals surface area (Å²) in [7, 11) is -0.691. The average molecular weight is 462 g/mol. The highest BCUT2D eigenvalue weighted by Gasteiger charge is 2.30. The van der Waals surface area contributed by atoms with Gasteiger partial charge in [0, 0.05) is 55.7 Å². The monoisotopic (exact) mass is 461 g/mol. The van der Waals surface area contributed by atoms with E-state index in [1.807, 2.05) is 30.9 Å². The summed E-state index contributed by atoms with van der Waals surface area (Å²) in [6, 6.07) is 6.50. The Morgan fingerprint density at radius 1 is 1.06 bits per heavy atom. The van der Waals surface area contributed by atoms with Gasteiger partial charge in [0.25, 0.3) is 0 Å². The van der Waals surface area contributed by atoms with Crippen LogP contribution in [0.25, 0.3) is 0 Å². The van der Waals surface area contributed by atoms with Crippen LogP contribution in [0.1, 0.15) is 21.7 Å². The largest absolute Gasteiger partial charge is 0.493 e. The Morgan fingerprint density at radius 3 is 2.31 bits per heavy atom. The van der Waals surface area contributed by atoms with Crippen molar-refractivity contribution < 1.29 is 22.7 Å². The molecule has 0 spiro atoms. The molecule has 2 heterocycles. The Labute approximate surface area is 190 Å². The van der Waals surface area contributed by atoms with Crippen molar-refractivity contribution in [2.75, 3.05) is 46.9 Å². The summed E-state index contributed by atoms with van der Waals surface area (Å²) in [5.74, 6) is 0.888. The molecule has 174 valence electrons. The van der Waals surface area contributed by atoms with Crippen molar-refractivity contribution in [2.24, 2.45) is 0 Å². The summed E-state index contributed by atoms with van der Waals surface area (Å²) in [5, 5.41) is 0.